The molecule has 14 heavy (non-hydrogen) atoms. The lowest BCUT2D eigenvalue weighted by Gasteiger charge is -2.01. The molecule has 72 valence electrons. The van der Waals surface area contributed by atoms with E-state index in [2.05, 4.69) is 4.42 Å². The van der Waals surface area contributed by atoms with E-state index < -0.39 is 5.76 Å². The number of hydrogen-bond donors (Lipinski definition) is 0. The van der Waals surface area contributed by atoms with Gasteiger partial charge >= 0.3 is 5.76 Å². The Kier molecular flexibility index (Phi) is 2.35. The van der Waals surface area contributed by atoms with E-state index in [0.717, 1.165) is 0 Å². The summed E-state index contributed by atoms with van der Waals surface area (Å²) in [5.41, 5.74) is 0.623. The van der Waals surface area contributed by atoms with Gasteiger partial charge in [0.05, 0.1) is 21.9 Å². The fourth-order valence-electron chi connectivity index (χ4n) is 1.09. The summed E-state index contributed by atoms with van der Waals surface area (Å²) in [5.74, 6) is -0.455. The third-order valence-corrected chi connectivity index (χ3v) is 2.50. The minimum atomic E-state index is -0.455. The first-order chi connectivity index (χ1) is 6.68. The molecule has 5 heteroatoms. The summed E-state index contributed by atoms with van der Waals surface area (Å²) >= 11 is 11.5. The van der Waals surface area contributed by atoms with Crippen LogP contribution >= 0.6 is 23.2 Å². The fourth-order valence-corrected chi connectivity index (χ4v) is 1.39. The molecule has 0 N–H and O–H groups in total. The highest BCUT2D eigenvalue weighted by Crippen LogP contribution is 2.23. The van der Waals surface area contributed by atoms with Crippen molar-refractivity contribution >= 4 is 23.2 Å². The second-order valence-electron chi connectivity index (χ2n) is 2.64. The van der Waals surface area contributed by atoms with Crippen LogP contribution in [0.3, 0.4) is 0 Å². The Labute approximate surface area is 89.5 Å². The van der Waals surface area contributed by atoms with Crippen LogP contribution in [0.1, 0.15) is 0 Å². The zero-order valence-corrected chi connectivity index (χ0v) is 8.42. The van der Waals surface area contributed by atoms with Crippen molar-refractivity contribution in [2.75, 3.05) is 0 Å². The molecule has 0 saturated carbocycles. The van der Waals surface area contributed by atoms with Crippen LogP contribution in [-0.2, 0) is 0 Å². The average Bonchev–Trinajstić information content (AvgIpc) is 2.57. The van der Waals surface area contributed by atoms with Crippen LogP contribution in [0.15, 0.2) is 39.9 Å². The van der Waals surface area contributed by atoms with Gasteiger partial charge in [-0.3, -0.25) is 0 Å². The summed E-state index contributed by atoms with van der Waals surface area (Å²) in [5, 5.41) is 0.851. The maximum atomic E-state index is 11.1. The van der Waals surface area contributed by atoms with Crippen molar-refractivity contribution in [3.05, 3.63) is 51.3 Å². The van der Waals surface area contributed by atoms with Crippen molar-refractivity contribution < 1.29 is 4.42 Å². The predicted octanol–water partition coefficient (Wildman–Crippen LogP) is 2.74. The van der Waals surface area contributed by atoms with Gasteiger partial charge in [-0.2, -0.15) is 0 Å². The van der Waals surface area contributed by atoms with Crippen molar-refractivity contribution in [3.63, 3.8) is 0 Å². The summed E-state index contributed by atoms with van der Waals surface area (Å²) in [7, 11) is 0. The first kappa shape index (κ1) is 9.37. The molecule has 0 unspecified atom stereocenters. The molecule has 0 radical (unpaired) electrons. The highest BCUT2D eigenvalue weighted by Gasteiger charge is 2.04. The topological polar surface area (TPSA) is 35.1 Å². The van der Waals surface area contributed by atoms with Gasteiger partial charge in [-0.05, 0) is 18.2 Å². The summed E-state index contributed by atoms with van der Waals surface area (Å²) in [6, 6.07) is 4.91. The van der Waals surface area contributed by atoms with Gasteiger partial charge in [0.15, 0.2) is 0 Å². The maximum absolute atomic E-state index is 11.1. The zero-order valence-electron chi connectivity index (χ0n) is 6.91. The van der Waals surface area contributed by atoms with E-state index in [0.29, 0.717) is 15.7 Å². The van der Waals surface area contributed by atoms with Crippen LogP contribution in [0.25, 0.3) is 5.69 Å². The van der Waals surface area contributed by atoms with Crippen LogP contribution < -0.4 is 5.76 Å². The summed E-state index contributed by atoms with van der Waals surface area (Å²) < 4.78 is 5.96. The smallest absolute Gasteiger partial charge is 0.416 e. The van der Waals surface area contributed by atoms with Crippen LogP contribution in [0.4, 0.5) is 0 Å². The molecule has 0 saturated heterocycles. The van der Waals surface area contributed by atoms with E-state index in [-0.39, 0.29) is 0 Å². The van der Waals surface area contributed by atoms with Gasteiger partial charge in [0.2, 0.25) is 0 Å². The molecule has 0 atom stereocenters. The molecule has 1 aromatic carbocycles. The maximum Gasteiger partial charge on any atom is 0.423 e. The van der Waals surface area contributed by atoms with Crippen LogP contribution in [0, 0.1) is 0 Å². The van der Waals surface area contributed by atoms with Gasteiger partial charge < -0.3 is 4.42 Å². The highest BCUT2D eigenvalue weighted by atomic mass is 35.5. The van der Waals surface area contributed by atoms with Gasteiger partial charge in [0.25, 0.3) is 0 Å². The fraction of sp³-hybridized carbons (Fsp3) is 0. The van der Waals surface area contributed by atoms with Gasteiger partial charge in [-0.1, -0.05) is 23.2 Å². The number of nitrogens with zero attached hydrogens (tertiary/aromatic N) is 1. The molecule has 0 fully saturated rings. The minimum Gasteiger partial charge on any atom is -0.416 e. The van der Waals surface area contributed by atoms with Gasteiger partial charge in [0.1, 0.15) is 6.26 Å². The Bertz CT molecular complexity index is 516. The molecule has 3 nitrogen and oxygen atoms in total. The van der Waals surface area contributed by atoms with Gasteiger partial charge in [-0.25, -0.2) is 9.36 Å². The second kappa shape index (κ2) is 3.52. The number of oxazole rings is 1. The van der Waals surface area contributed by atoms with Crippen molar-refractivity contribution in [3.8, 4) is 5.69 Å². The van der Waals surface area contributed by atoms with Crippen molar-refractivity contribution in [2.24, 2.45) is 0 Å². The molecule has 0 bridgehead atoms. The van der Waals surface area contributed by atoms with Crippen LogP contribution in [-0.4, -0.2) is 4.57 Å². The predicted molar refractivity (Wildman–Crippen MR) is 54.3 cm³/mol. The van der Waals surface area contributed by atoms with E-state index in [1.54, 1.807) is 18.2 Å². The molecule has 0 amide bonds. The molecule has 1 aromatic heterocycles. The van der Waals surface area contributed by atoms with Gasteiger partial charge in [-0.15, -0.1) is 0 Å². The first-order valence-electron chi connectivity index (χ1n) is 3.80. The van der Waals surface area contributed by atoms with Crippen molar-refractivity contribution in [1.29, 1.82) is 0 Å². The number of halogens is 2. The van der Waals surface area contributed by atoms with Crippen molar-refractivity contribution in [1.82, 2.24) is 4.57 Å². The minimum absolute atomic E-state index is 0.400. The lowest BCUT2D eigenvalue weighted by molar-refractivity contribution is 0.504. The average molecular weight is 230 g/mol. The van der Waals surface area contributed by atoms with E-state index in [9.17, 15) is 4.79 Å². The summed E-state index contributed by atoms with van der Waals surface area (Å²) in [4.78, 5) is 11.1. The van der Waals surface area contributed by atoms with Crippen LogP contribution in [0.2, 0.25) is 10.0 Å². The molecule has 0 aliphatic heterocycles. The standard InChI is InChI=1S/C9H5Cl2NO2/c10-7-2-1-6(5-8(7)11)12-3-4-14-9(12)13/h1-5H. The quantitative estimate of drug-likeness (QED) is 0.754. The summed E-state index contributed by atoms with van der Waals surface area (Å²) in [6.07, 6.45) is 2.83. The number of hydrogen-bond acceptors (Lipinski definition) is 2. The number of rotatable bonds is 1. The molecule has 2 aromatic rings. The molecule has 0 aliphatic rings. The third-order valence-electron chi connectivity index (χ3n) is 1.76. The monoisotopic (exact) mass is 229 g/mol. The Hall–Kier alpha value is -1.19. The molecule has 0 aliphatic carbocycles. The molecule has 2 rings (SSSR count). The van der Waals surface area contributed by atoms with Crippen molar-refractivity contribution in [2.45, 2.75) is 0 Å². The van der Waals surface area contributed by atoms with Crippen LogP contribution in [0.5, 0.6) is 0 Å². The SMILES string of the molecule is O=c1occn1-c1ccc(Cl)c(Cl)c1. The lowest BCUT2D eigenvalue weighted by Crippen LogP contribution is -2.10. The Morgan fingerprint density at radius 3 is 2.57 bits per heavy atom. The highest BCUT2D eigenvalue weighted by molar-refractivity contribution is 6.42. The Morgan fingerprint density at radius 1 is 1.21 bits per heavy atom. The normalized spacial score (nSPS) is 10.4. The zero-order chi connectivity index (χ0) is 10.1. The van der Waals surface area contributed by atoms with E-state index in [1.807, 2.05) is 0 Å². The lowest BCUT2D eigenvalue weighted by atomic mass is 10.3. The summed E-state index contributed by atoms with van der Waals surface area (Å²) in [6.45, 7) is 0. The van der Waals surface area contributed by atoms with E-state index >= 15 is 0 Å². The first-order valence-corrected chi connectivity index (χ1v) is 4.55. The second-order valence-corrected chi connectivity index (χ2v) is 3.45. The number of aromatic nitrogens is 1. The molecule has 0 spiro atoms. The molecular formula is C9H5Cl2NO2. The Morgan fingerprint density at radius 2 is 2.00 bits per heavy atom. The van der Waals surface area contributed by atoms with E-state index in [1.165, 1.54) is 17.0 Å². The largest absolute Gasteiger partial charge is 0.423 e. The van der Waals surface area contributed by atoms with E-state index in [4.69, 9.17) is 23.2 Å². The Balaban J connectivity index is 2.59. The number of benzene rings is 1. The molecule has 1 heterocycles. The molecular weight excluding hydrogens is 225 g/mol. The van der Waals surface area contributed by atoms with Gasteiger partial charge in [0, 0.05) is 0 Å². The third kappa shape index (κ3) is 1.56.